The topological polar surface area (TPSA) is 78.4 Å². The third kappa shape index (κ3) is 3.30. The fourth-order valence-electron chi connectivity index (χ4n) is 2.05. The maximum Gasteiger partial charge on any atom is 0.305 e. The first-order valence-corrected chi connectivity index (χ1v) is 6.81. The number of amides is 1. The average molecular weight is 268 g/mol. The van der Waals surface area contributed by atoms with Crippen molar-refractivity contribution in [2.45, 2.75) is 18.9 Å². The van der Waals surface area contributed by atoms with Gasteiger partial charge in [-0.25, -0.2) is 0 Å². The lowest BCUT2D eigenvalue weighted by atomic mass is 10.1. The molecule has 2 atom stereocenters. The number of nitrogens with one attached hydrogen (secondary N) is 2. The Hall–Kier alpha value is -1.40. The van der Waals surface area contributed by atoms with Crippen molar-refractivity contribution in [1.82, 2.24) is 10.6 Å². The Labute approximate surface area is 109 Å². The van der Waals surface area contributed by atoms with Gasteiger partial charge in [0, 0.05) is 11.4 Å². The van der Waals surface area contributed by atoms with Gasteiger partial charge in [0.15, 0.2) is 0 Å². The second-order valence-electron chi connectivity index (χ2n) is 4.36. The molecule has 1 aliphatic rings. The van der Waals surface area contributed by atoms with Crippen LogP contribution in [0, 0.1) is 5.92 Å². The number of carboxylic acid groups (broad SMARTS) is 1. The summed E-state index contributed by atoms with van der Waals surface area (Å²) in [5.74, 6) is -1.00. The molecule has 3 N–H and O–H groups in total. The van der Waals surface area contributed by atoms with Gasteiger partial charge in [0.2, 0.25) is 5.91 Å². The van der Waals surface area contributed by atoms with E-state index in [1.807, 2.05) is 17.5 Å². The molecule has 2 rings (SSSR count). The maximum atomic E-state index is 12.0. The Morgan fingerprint density at radius 1 is 1.61 bits per heavy atom. The van der Waals surface area contributed by atoms with Gasteiger partial charge >= 0.3 is 5.97 Å². The first-order chi connectivity index (χ1) is 8.66. The summed E-state index contributed by atoms with van der Waals surface area (Å²) >= 11 is 1.46. The molecule has 1 saturated heterocycles. The Morgan fingerprint density at radius 3 is 3.00 bits per heavy atom. The summed E-state index contributed by atoms with van der Waals surface area (Å²) in [7, 11) is 0. The standard InChI is InChI=1S/C12H16N2O3S/c15-11(16)6-9(10-2-1-5-18-10)14-12(17)8-3-4-13-7-8/h1-2,5,8-9,13H,3-4,6-7H2,(H,14,17)(H,15,16). The monoisotopic (exact) mass is 268 g/mol. The highest BCUT2D eigenvalue weighted by molar-refractivity contribution is 7.10. The number of carboxylic acids is 1. The van der Waals surface area contributed by atoms with Crippen LogP contribution in [0.15, 0.2) is 17.5 Å². The molecule has 0 spiro atoms. The van der Waals surface area contributed by atoms with E-state index in [2.05, 4.69) is 10.6 Å². The van der Waals surface area contributed by atoms with Crippen molar-refractivity contribution >= 4 is 23.2 Å². The first kappa shape index (κ1) is 13.0. The van der Waals surface area contributed by atoms with E-state index < -0.39 is 12.0 Å². The minimum atomic E-state index is -0.904. The molecule has 0 aliphatic carbocycles. The van der Waals surface area contributed by atoms with Crippen LogP contribution in [0.4, 0.5) is 0 Å². The van der Waals surface area contributed by atoms with E-state index in [4.69, 9.17) is 5.11 Å². The van der Waals surface area contributed by atoms with Gasteiger partial charge in [0.1, 0.15) is 0 Å². The molecule has 1 aromatic rings. The quantitative estimate of drug-likeness (QED) is 0.744. The lowest BCUT2D eigenvalue weighted by Crippen LogP contribution is -2.35. The molecule has 1 aliphatic heterocycles. The van der Waals surface area contributed by atoms with Crippen LogP contribution in [-0.2, 0) is 9.59 Å². The van der Waals surface area contributed by atoms with Crippen molar-refractivity contribution in [1.29, 1.82) is 0 Å². The molecule has 2 heterocycles. The van der Waals surface area contributed by atoms with Crippen molar-refractivity contribution in [2.75, 3.05) is 13.1 Å². The first-order valence-electron chi connectivity index (χ1n) is 5.93. The van der Waals surface area contributed by atoms with Crippen LogP contribution in [-0.4, -0.2) is 30.1 Å². The van der Waals surface area contributed by atoms with Gasteiger partial charge in [-0.1, -0.05) is 6.07 Å². The number of hydrogen-bond donors (Lipinski definition) is 3. The van der Waals surface area contributed by atoms with Crippen molar-refractivity contribution in [3.8, 4) is 0 Å². The van der Waals surface area contributed by atoms with Crippen LogP contribution in [0.5, 0.6) is 0 Å². The molecule has 1 fully saturated rings. The highest BCUT2D eigenvalue weighted by Crippen LogP contribution is 2.23. The molecular weight excluding hydrogens is 252 g/mol. The van der Waals surface area contributed by atoms with Crippen molar-refractivity contribution < 1.29 is 14.7 Å². The molecule has 0 aromatic carbocycles. The van der Waals surface area contributed by atoms with E-state index in [9.17, 15) is 9.59 Å². The number of aliphatic carboxylic acids is 1. The highest BCUT2D eigenvalue weighted by atomic mass is 32.1. The van der Waals surface area contributed by atoms with E-state index in [1.54, 1.807) is 0 Å². The van der Waals surface area contributed by atoms with Crippen LogP contribution >= 0.6 is 11.3 Å². The third-order valence-corrected chi connectivity index (χ3v) is 4.00. The normalized spacial score (nSPS) is 20.6. The fraction of sp³-hybridized carbons (Fsp3) is 0.500. The molecule has 6 heteroatoms. The summed E-state index contributed by atoms with van der Waals surface area (Å²) in [6.45, 7) is 1.52. The number of carbonyl (C=O) groups excluding carboxylic acids is 1. The summed E-state index contributed by atoms with van der Waals surface area (Å²) in [6, 6.07) is 3.29. The third-order valence-electron chi connectivity index (χ3n) is 3.01. The molecule has 1 aromatic heterocycles. The zero-order valence-electron chi connectivity index (χ0n) is 9.89. The Kier molecular flexibility index (Phi) is 4.33. The predicted molar refractivity (Wildman–Crippen MR) is 68.4 cm³/mol. The predicted octanol–water partition coefficient (Wildman–Crippen LogP) is 0.990. The summed E-state index contributed by atoms with van der Waals surface area (Å²) in [5, 5.41) is 16.8. The molecule has 0 bridgehead atoms. The Balaban J connectivity index is 2.00. The van der Waals surface area contributed by atoms with Gasteiger partial charge in [0.25, 0.3) is 0 Å². The fourth-order valence-corrected chi connectivity index (χ4v) is 2.83. The van der Waals surface area contributed by atoms with E-state index in [0.717, 1.165) is 17.8 Å². The Morgan fingerprint density at radius 2 is 2.44 bits per heavy atom. The maximum absolute atomic E-state index is 12.0. The molecule has 0 radical (unpaired) electrons. The van der Waals surface area contributed by atoms with Crippen LogP contribution in [0.1, 0.15) is 23.8 Å². The van der Waals surface area contributed by atoms with Crippen molar-refractivity contribution in [3.05, 3.63) is 22.4 Å². The van der Waals surface area contributed by atoms with Gasteiger partial charge in [-0.3, -0.25) is 9.59 Å². The summed E-state index contributed by atoms with van der Waals surface area (Å²) < 4.78 is 0. The SMILES string of the molecule is O=C(O)CC(NC(=O)C1CCNC1)c1cccs1. The smallest absolute Gasteiger partial charge is 0.305 e. The summed E-state index contributed by atoms with van der Waals surface area (Å²) in [6.07, 6.45) is 0.739. The lowest BCUT2D eigenvalue weighted by Gasteiger charge is -2.18. The van der Waals surface area contributed by atoms with Crippen molar-refractivity contribution in [3.63, 3.8) is 0 Å². The van der Waals surface area contributed by atoms with Crippen LogP contribution in [0.25, 0.3) is 0 Å². The number of rotatable bonds is 5. The zero-order chi connectivity index (χ0) is 13.0. The molecule has 98 valence electrons. The van der Waals surface area contributed by atoms with E-state index in [0.29, 0.717) is 6.54 Å². The molecule has 2 unspecified atom stereocenters. The van der Waals surface area contributed by atoms with Crippen LogP contribution in [0.2, 0.25) is 0 Å². The molecule has 0 saturated carbocycles. The second-order valence-corrected chi connectivity index (χ2v) is 5.34. The Bertz CT molecular complexity index is 413. The highest BCUT2D eigenvalue weighted by Gasteiger charge is 2.26. The van der Waals surface area contributed by atoms with Crippen LogP contribution < -0.4 is 10.6 Å². The molecule has 1 amide bonds. The summed E-state index contributed by atoms with van der Waals surface area (Å²) in [4.78, 5) is 23.7. The minimum Gasteiger partial charge on any atom is -0.481 e. The molecule has 18 heavy (non-hydrogen) atoms. The van der Waals surface area contributed by atoms with Gasteiger partial charge in [-0.05, 0) is 24.4 Å². The number of thiophene rings is 1. The van der Waals surface area contributed by atoms with E-state index in [1.165, 1.54) is 11.3 Å². The van der Waals surface area contributed by atoms with Gasteiger partial charge in [-0.2, -0.15) is 0 Å². The van der Waals surface area contributed by atoms with Gasteiger partial charge in [0.05, 0.1) is 18.4 Å². The number of hydrogen-bond acceptors (Lipinski definition) is 4. The van der Waals surface area contributed by atoms with E-state index >= 15 is 0 Å². The molecule has 5 nitrogen and oxygen atoms in total. The van der Waals surface area contributed by atoms with Gasteiger partial charge in [-0.15, -0.1) is 11.3 Å². The van der Waals surface area contributed by atoms with E-state index in [-0.39, 0.29) is 18.2 Å². The minimum absolute atomic E-state index is 0.0405. The molecular formula is C12H16N2O3S. The zero-order valence-corrected chi connectivity index (χ0v) is 10.7. The summed E-state index contributed by atoms with van der Waals surface area (Å²) in [5.41, 5.74) is 0. The number of carbonyl (C=O) groups is 2. The largest absolute Gasteiger partial charge is 0.481 e. The second kappa shape index (κ2) is 5.97. The van der Waals surface area contributed by atoms with Crippen molar-refractivity contribution in [2.24, 2.45) is 5.92 Å². The van der Waals surface area contributed by atoms with Gasteiger partial charge < -0.3 is 15.7 Å². The average Bonchev–Trinajstić information content (AvgIpc) is 3.01. The lowest BCUT2D eigenvalue weighted by molar-refractivity contribution is -0.137. The van der Waals surface area contributed by atoms with Crippen LogP contribution in [0.3, 0.4) is 0 Å².